The normalized spacial score (nSPS) is 16.6. The number of rotatable bonds is 4. The van der Waals surface area contributed by atoms with Crippen LogP contribution in [0.4, 0.5) is 0 Å². The highest BCUT2D eigenvalue weighted by Crippen LogP contribution is 2.17. The summed E-state index contributed by atoms with van der Waals surface area (Å²) in [5.41, 5.74) is 7.02. The van der Waals surface area contributed by atoms with Crippen molar-refractivity contribution in [2.24, 2.45) is 10.7 Å². The van der Waals surface area contributed by atoms with Gasteiger partial charge in [0.2, 0.25) is 0 Å². The van der Waals surface area contributed by atoms with Crippen molar-refractivity contribution in [1.29, 1.82) is 0 Å². The topological polar surface area (TPSA) is 63.3 Å². The number of pyridine rings is 1. The average molecular weight is 409 g/mol. The maximum atomic E-state index is 5.89. The molecule has 1 aromatic heterocycles. The number of nitrogens with one attached hydrogen (secondary N) is 1. The minimum Gasteiger partial charge on any atom is -0.370 e. The lowest BCUT2D eigenvalue weighted by Gasteiger charge is -2.23. The van der Waals surface area contributed by atoms with Crippen LogP contribution in [0.3, 0.4) is 0 Å². The molecule has 1 heterocycles. The Balaban J connectivity index is 0.00000200. The molecule has 0 bridgehead atoms. The smallest absolute Gasteiger partial charge is 0.188 e. The Morgan fingerprint density at radius 3 is 2.75 bits per heavy atom. The second-order valence-corrected chi connectivity index (χ2v) is 5.37. The van der Waals surface area contributed by atoms with Gasteiger partial charge in [0.15, 0.2) is 5.96 Å². The van der Waals surface area contributed by atoms with Gasteiger partial charge in [0.1, 0.15) is 5.15 Å². The fourth-order valence-electron chi connectivity index (χ4n) is 2.36. The Morgan fingerprint density at radius 2 is 2.10 bits per heavy atom. The molecule has 1 fully saturated rings. The summed E-state index contributed by atoms with van der Waals surface area (Å²) in [7, 11) is 0. The van der Waals surface area contributed by atoms with Gasteiger partial charge >= 0.3 is 0 Å². The molecule has 0 atom stereocenters. The van der Waals surface area contributed by atoms with Crippen LogP contribution >= 0.6 is 35.6 Å². The molecule has 0 saturated heterocycles. The minimum absolute atomic E-state index is 0. The van der Waals surface area contributed by atoms with Gasteiger partial charge in [-0.3, -0.25) is 4.99 Å². The molecule has 0 unspecified atom stereocenters. The number of nitrogens with two attached hydrogens (primary N) is 1. The van der Waals surface area contributed by atoms with Gasteiger partial charge in [-0.1, -0.05) is 36.9 Å². The zero-order valence-corrected chi connectivity index (χ0v) is 14.6. The molecule has 0 aromatic carbocycles. The fourth-order valence-corrected chi connectivity index (χ4v) is 2.47. The van der Waals surface area contributed by atoms with Crippen molar-refractivity contribution in [2.75, 3.05) is 6.54 Å². The molecule has 0 aliphatic heterocycles. The van der Waals surface area contributed by atoms with E-state index < -0.39 is 0 Å². The van der Waals surface area contributed by atoms with Gasteiger partial charge < -0.3 is 11.1 Å². The number of hydrogen-bond donors (Lipinski definition) is 2. The van der Waals surface area contributed by atoms with E-state index in [-0.39, 0.29) is 24.0 Å². The van der Waals surface area contributed by atoms with E-state index >= 15 is 0 Å². The molecule has 6 heteroatoms. The van der Waals surface area contributed by atoms with Gasteiger partial charge in [0.25, 0.3) is 0 Å². The molecule has 1 aromatic rings. The summed E-state index contributed by atoms with van der Waals surface area (Å²) in [4.78, 5) is 8.40. The summed E-state index contributed by atoms with van der Waals surface area (Å²) in [5.74, 6) is 0.564. The molecule has 20 heavy (non-hydrogen) atoms. The van der Waals surface area contributed by atoms with Gasteiger partial charge in [-0.05, 0) is 30.9 Å². The van der Waals surface area contributed by atoms with E-state index in [1.807, 2.05) is 6.07 Å². The lowest BCUT2D eigenvalue weighted by atomic mass is 9.96. The first-order valence-corrected chi connectivity index (χ1v) is 7.29. The SMILES string of the molecule is I.NC(=NCCc1ccc(Cl)nc1)NC1CCCCC1. The third-order valence-electron chi connectivity index (χ3n) is 3.43. The van der Waals surface area contributed by atoms with Crippen LogP contribution in [0.5, 0.6) is 0 Å². The Bertz CT molecular complexity index is 416. The molecule has 4 nitrogen and oxygen atoms in total. The summed E-state index contributed by atoms with van der Waals surface area (Å²) < 4.78 is 0. The first-order chi connectivity index (χ1) is 9.24. The van der Waals surface area contributed by atoms with E-state index in [2.05, 4.69) is 15.3 Å². The molecular formula is C14H22ClIN4. The predicted molar refractivity (Wildman–Crippen MR) is 94.9 cm³/mol. The molecule has 0 amide bonds. The van der Waals surface area contributed by atoms with E-state index in [1.165, 1.54) is 32.1 Å². The zero-order valence-electron chi connectivity index (χ0n) is 11.5. The molecule has 112 valence electrons. The number of halogens is 2. The summed E-state index contributed by atoms with van der Waals surface area (Å²) in [6.45, 7) is 0.675. The van der Waals surface area contributed by atoms with E-state index in [4.69, 9.17) is 17.3 Å². The maximum absolute atomic E-state index is 5.89. The van der Waals surface area contributed by atoms with Crippen molar-refractivity contribution in [2.45, 2.75) is 44.6 Å². The van der Waals surface area contributed by atoms with Gasteiger partial charge in [-0.15, -0.1) is 24.0 Å². The van der Waals surface area contributed by atoms with Crippen LogP contribution in [-0.4, -0.2) is 23.5 Å². The number of nitrogens with zero attached hydrogens (tertiary/aromatic N) is 2. The molecule has 1 saturated carbocycles. The molecule has 0 radical (unpaired) electrons. The van der Waals surface area contributed by atoms with Crippen molar-refractivity contribution < 1.29 is 0 Å². The second-order valence-electron chi connectivity index (χ2n) is 4.99. The van der Waals surface area contributed by atoms with Gasteiger partial charge in [-0.2, -0.15) is 0 Å². The first kappa shape index (κ1) is 17.5. The molecule has 0 spiro atoms. The lowest BCUT2D eigenvalue weighted by Crippen LogP contribution is -2.41. The Labute approximate surface area is 142 Å². The van der Waals surface area contributed by atoms with Crippen LogP contribution < -0.4 is 11.1 Å². The summed E-state index contributed by atoms with van der Waals surface area (Å²) in [6, 6.07) is 4.27. The van der Waals surface area contributed by atoms with Crippen molar-refractivity contribution in [1.82, 2.24) is 10.3 Å². The van der Waals surface area contributed by atoms with Crippen LogP contribution in [0.15, 0.2) is 23.3 Å². The summed E-state index contributed by atoms with van der Waals surface area (Å²) in [5, 5.41) is 3.82. The second kappa shape index (κ2) is 9.39. The molecular weight excluding hydrogens is 387 g/mol. The lowest BCUT2D eigenvalue weighted by molar-refractivity contribution is 0.412. The molecule has 1 aliphatic rings. The van der Waals surface area contributed by atoms with Crippen LogP contribution in [0.25, 0.3) is 0 Å². The highest BCUT2D eigenvalue weighted by Gasteiger charge is 2.12. The van der Waals surface area contributed by atoms with Crippen LogP contribution in [0, 0.1) is 0 Å². The molecule has 2 rings (SSSR count). The number of hydrogen-bond acceptors (Lipinski definition) is 2. The van der Waals surface area contributed by atoms with Crippen molar-refractivity contribution in [3.8, 4) is 0 Å². The van der Waals surface area contributed by atoms with E-state index in [1.54, 1.807) is 12.3 Å². The average Bonchev–Trinajstić information content (AvgIpc) is 2.42. The number of guanidine groups is 1. The highest BCUT2D eigenvalue weighted by atomic mass is 127. The monoisotopic (exact) mass is 408 g/mol. The van der Waals surface area contributed by atoms with Crippen LogP contribution in [0.2, 0.25) is 5.15 Å². The van der Waals surface area contributed by atoms with Crippen LogP contribution in [-0.2, 0) is 6.42 Å². The standard InChI is InChI=1S/C14H21ClN4.HI/c15-13-7-6-11(10-18-13)8-9-17-14(16)19-12-4-2-1-3-5-12;/h6-7,10,12H,1-5,8-9H2,(H3,16,17,19);1H. The van der Waals surface area contributed by atoms with Crippen molar-refractivity contribution in [3.63, 3.8) is 0 Å². The quantitative estimate of drug-likeness (QED) is 0.348. The van der Waals surface area contributed by atoms with Crippen molar-refractivity contribution in [3.05, 3.63) is 29.0 Å². The Morgan fingerprint density at radius 1 is 1.35 bits per heavy atom. The molecule has 1 aliphatic carbocycles. The zero-order chi connectivity index (χ0) is 13.5. The fraction of sp³-hybridized carbons (Fsp3) is 0.571. The third-order valence-corrected chi connectivity index (χ3v) is 3.65. The Kier molecular flexibility index (Phi) is 8.21. The first-order valence-electron chi connectivity index (χ1n) is 6.91. The minimum atomic E-state index is 0. The maximum Gasteiger partial charge on any atom is 0.188 e. The highest BCUT2D eigenvalue weighted by molar-refractivity contribution is 14.0. The van der Waals surface area contributed by atoms with E-state index in [0.29, 0.717) is 23.7 Å². The predicted octanol–water partition coefficient (Wildman–Crippen LogP) is 3.13. The van der Waals surface area contributed by atoms with E-state index in [0.717, 1.165) is 12.0 Å². The van der Waals surface area contributed by atoms with Gasteiger partial charge in [0, 0.05) is 18.8 Å². The third kappa shape index (κ3) is 6.26. The van der Waals surface area contributed by atoms with Gasteiger partial charge in [-0.25, -0.2) is 4.98 Å². The van der Waals surface area contributed by atoms with Gasteiger partial charge in [0.05, 0.1) is 0 Å². The summed E-state index contributed by atoms with van der Waals surface area (Å²) in [6.07, 6.45) is 8.95. The van der Waals surface area contributed by atoms with E-state index in [9.17, 15) is 0 Å². The Hall–Kier alpha value is -0.560. The largest absolute Gasteiger partial charge is 0.370 e. The van der Waals surface area contributed by atoms with Crippen molar-refractivity contribution >= 4 is 41.5 Å². The summed E-state index contributed by atoms with van der Waals surface area (Å²) >= 11 is 5.74. The molecule has 3 N–H and O–H groups in total. The number of aliphatic imine (C=N–C) groups is 1. The number of aromatic nitrogens is 1. The van der Waals surface area contributed by atoms with Crippen LogP contribution in [0.1, 0.15) is 37.7 Å².